The minimum atomic E-state index is -4.50. The van der Waals surface area contributed by atoms with Crippen molar-refractivity contribution in [3.8, 4) is 6.07 Å². The number of allylic oxidation sites excluding steroid dienone is 1. The van der Waals surface area contributed by atoms with E-state index < -0.39 is 21.0 Å². The fourth-order valence-corrected chi connectivity index (χ4v) is 3.45. The molecule has 0 bridgehead atoms. The molecule has 0 atom stereocenters. The van der Waals surface area contributed by atoms with Crippen LogP contribution in [0.3, 0.4) is 0 Å². The van der Waals surface area contributed by atoms with Gasteiger partial charge in [0.15, 0.2) is 4.91 Å². The summed E-state index contributed by atoms with van der Waals surface area (Å²) in [7, 11) is -4.50. The summed E-state index contributed by atoms with van der Waals surface area (Å²) >= 11 is 5.86. The van der Waals surface area contributed by atoms with Gasteiger partial charge in [0.1, 0.15) is 18.9 Å². The van der Waals surface area contributed by atoms with Crippen LogP contribution in [0, 0.1) is 11.3 Å². The Kier molecular flexibility index (Phi) is 8.07. The highest BCUT2D eigenvalue weighted by molar-refractivity contribution is 7.93. The number of ether oxygens (including phenoxy) is 2. The number of hydrogen-bond acceptors (Lipinski definition) is 6. The van der Waals surface area contributed by atoms with Gasteiger partial charge in [0.05, 0.1) is 13.2 Å². The summed E-state index contributed by atoms with van der Waals surface area (Å²) in [4.78, 5) is 11.9. The first kappa shape index (κ1) is 22.3. The lowest BCUT2D eigenvalue weighted by Gasteiger charge is -2.21. The van der Waals surface area contributed by atoms with E-state index in [0.29, 0.717) is 20.5 Å². The lowest BCUT2D eigenvalue weighted by Crippen LogP contribution is -2.37. The molecule has 0 aliphatic carbocycles. The van der Waals surface area contributed by atoms with Gasteiger partial charge >= 0.3 is 6.09 Å². The van der Waals surface area contributed by atoms with Crippen LogP contribution in [0.25, 0.3) is 0 Å². The predicted octanol–water partition coefficient (Wildman–Crippen LogP) is 4.21. The van der Waals surface area contributed by atoms with Crippen LogP contribution in [0.2, 0.25) is 5.02 Å². The Morgan fingerprint density at radius 1 is 1.14 bits per heavy atom. The SMILES string of the molecule is CCO/C=C(\C#N)S(=O)(=O)N(Cc1ccc(Cl)cc1)C(=O)OCc1ccccc1. The fraction of sp³-hybridized carbons (Fsp3) is 0.200. The topological polar surface area (TPSA) is 96.7 Å². The van der Waals surface area contributed by atoms with Gasteiger partial charge in [0, 0.05) is 5.02 Å². The minimum Gasteiger partial charge on any atom is -0.499 e. The summed E-state index contributed by atoms with van der Waals surface area (Å²) in [5.41, 5.74) is 1.18. The first-order valence-corrected chi connectivity index (χ1v) is 10.4. The van der Waals surface area contributed by atoms with Crippen LogP contribution in [-0.2, 0) is 32.6 Å². The Hall–Kier alpha value is -3.02. The molecule has 0 unspecified atom stereocenters. The van der Waals surface area contributed by atoms with Gasteiger partial charge in [-0.3, -0.25) is 0 Å². The molecule has 0 saturated heterocycles. The van der Waals surface area contributed by atoms with Crippen molar-refractivity contribution in [3.05, 3.63) is 81.9 Å². The molecule has 0 aliphatic heterocycles. The van der Waals surface area contributed by atoms with E-state index in [9.17, 15) is 18.5 Å². The fourth-order valence-electron chi connectivity index (χ4n) is 2.22. The molecule has 2 aromatic carbocycles. The highest BCUT2D eigenvalue weighted by Gasteiger charge is 2.33. The van der Waals surface area contributed by atoms with Crippen LogP contribution in [0.1, 0.15) is 18.1 Å². The van der Waals surface area contributed by atoms with E-state index in [0.717, 1.165) is 6.26 Å². The summed E-state index contributed by atoms with van der Waals surface area (Å²) < 4.78 is 36.4. The summed E-state index contributed by atoms with van der Waals surface area (Å²) in [6.07, 6.45) is -0.296. The quantitative estimate of drug-likeness (QED) is 0.456. The average molecular weight is 435 g/mol. The van der Waals surface area contributed by atoms with Crippen molar-refractivity contribution < 1.29 is 22.7 Å². The van der Waals surface area contributed by atoms with Gasteiger partial charge in [-0.15, -0.1) is 0 Å². The van der Waals surface area contributed by atoms with Crippen LogP contribution in [0.15, 0.2) is 65.8 Å². The van der Waals surface area contributed by atoms with Crippen LogP contribution in [0.5, 0.6) is 0 Å². The Morgan fingerprint density at radius 2 is 1.79 bits per heavy atom. The number of amides is 1. The zero-order valence-corrected chi connectivity index (χ0v) is 17.2. The number of rotatable bonds is 8. The van der Waals surface area contributed by atoms with E-state index in [1.807, 2.05) is 0 Å². The smallest absolute Gasteiger partial charge is 0.424 e. The Morgan fingerprint density at radius 3 is 2.38 bits per heavy atom. The number of carbonyl (C=O) groups is 1. The van der Waals surface area contributed by atoms with E-state index in [4.69, 9.17) is 21.1 Å². The minimum absolute atomic E-state index is 0.122. The zero-order chi connectivity index (χ0) is 21.3. The van der Waals surface area contributed by atoms with Crippen molar-refractivity contribution in [1.82, 2.24) is 4.31 Å². The van der Waals surface area contributed by atoms with E-state index in [1.54, 1.807) is 67.6 Å². The maximum absolute atomic E-state index is 12.9. The normalized spacial score (nSPS) is 11.4. The molecule has 0 heterocycles. The molecule has 0 radical (unpaired) electrons. The first-order chi connectivity index (χ1) is 13.9. The molecule has 152 valence electrons. The number of halogens is 1. The van der Waals surface area contributed by atoms with Crippen molar-refractivity contribution in [3.63, 3.8) is 0 Å². The molecule has 0 spiro atoms. The maximum atomic E-state index is 12.9. The Balaban J connectivity index is 2.32. The molecular formula is C20H19ClN2O5S. The van der Waals surface area contributed by atoms with Gasteiger partial charge in [0.25, 0.3) is 10.0 Å². The summed E-state index contributed by atoms with van der Waals surface area (Å²) in [5.74, 6) is 0. The second-order valence-electron chi connectivity index (χ2n) is 5.73. The largest absolute Gasteiger partial charge is 0.499 e. The summed E-state index contributed by atoms with van der Waals surface area (Å²) in [5, 5.41) is 9.72. The second-order valence-corrected chi connectivity index (χ2v) is 7.99. The van der Waals surface area contributed by atoms with Gasteiger partial charge in [-0.05, 0) is 30.2 Å². The lowest BCUT2D eigenvalue weighted by molar-refractivity contribution is 0.118. The van der Waals surface area contributed by atoms with Gasteiger partial charge in [-0.1, -0.05) is 54.1 Å². The predicted molar refractivity (Wildman–Crippen MR) is 108 cm³/mol. The van der Waals surface area contributed by atoms with E-state index in [-0.39, 0.29) is 19.8 Å². The third-order valence-corrected chi connectivity index (χ3v) is 5.54. The molecule has 9 heteroatoms. The van der Waals surface area contributed by atoms with Crippen LogP contribution in [-0.4, -0.2) is 25.4 Å². The monoisotopic (exact) mass is 434 g/mol. The molecule has 29 heavy (non-hydrogen) atoms. The number of carbonyl (C=O) groups excluding carboxylic acids is 1. The van der Waals surface area contributed by atoms with Crippen molar-refractivity contribution in [1.29, 1.82) is 5.26 Å². The highest BCUT2D eigenvalue weighted by Crippen LogP contribution is 2.20. The molecular weight excluding hydrogens is 416 g/mol. The highest BCUT2D eigenvalue weighted by atomic mass is 35.5. The van der Waals surface area contributed by atoms with Gasteiger partial charge < -0.3 is 9.47 Å². The van der Waals surface area contributed by atoms with Gasteiger partial charge in [-0.25, -0.2) is 4.79 Å². The molecule has 0 fully saturated rings. The average Bonchev–Trinajstić information content (AvgIpc) is 2.72. The van der Waals surface area contributed by atoms with E-state index in [1.165, 1.54) is 0 Å². The molecule has 2 rings (SSSR count). The van der Waals surface area contributed by atoms with Crippen LogP contribution >= 0.6 is 11.6 Å². The van der Waals surface area contributed by atoms with E-state index in [2.05, 4.69) is 0 Å². The van der Waals surface area contributed by atoms with Gasteiger partial charge in [-0.2, -0.15) is 18.0 Å². The maximum Gasteiger partial charge on any atom is 0.424 e. The Labute approximate surface area is 174 Å². The van der Waals surface area contributed by atoms with Crippen molar-refractivity contribution >= 4 is 27.7 Å². The molecule has 2 aromatic rings. The summed E-state index contributed by atoms with van der Waals surface area (Å²) in [6, 6.07) is 16.7. The second kappa shape index (κ2) is 10.5. The van der Waals surface area contributed by atoms with Crippen LogP contribution in [0.4, 0.5) is 4.79 Å². The molecule has 0 N–H and O–H groups in total. The molecule has 7 nitrogen and oxygen atoms in total. The standard InChI is InChI=1S/C20H19ClN2O5S/c1-2-27-15-19(12-22)29(25,26)23(13-16-8-10-18(21)11-9-16)20(24)28-14-17-6-4-3-5-7-17/h3-11,15H,2,13-14H2,1H3/b19-15+. The molecule has 1 amide bonds. The summed E-state index contributed by atoms with van der Waals surface area (Å²) in [6.45, 7) is 1.34. The first-order valence-electron chi connectivity index (χ1n) is 8.58. The third kappa shape index (κ3) is 6.24. The number of hydrogen-bond donors (Lipinski definition) is 0. The number of nitriles is 1. The lowest BCUT2D eigenvalue weighted by atomic mass is 10.2. The molecule has 0 aliphatic rings. The van der Waals surface area contributed by atoms with Crippen molar-refractivity contribution in [2.24, 2.45) is 0 Å². The Bertz CT molecular complexity index is 999. The van der Waals surface area contributed by atoms with Crippen LogP contribution < -0.4 is 0 Å². The van der Waals surface area contributed by atoms with E-state index >= 15 is 0 Å². The zero-order valence-electron chi connectivity index (χ0n) is 15.6. The molecule has 0 aromatic heterocycles. The number of nitrogens with zero attached hydrogens (tertiary/aromatic N) is 2. The van der Waals surface area contributed by atoms with Gasteiger partial charge in [0.2, 0.25) is 0 Å². The number of benzene rings is 2. The van der Waals surface area contributed by atoms with Crippen molar-refractivity contribution in [2.75, 3.05) is 6.61 Å². The molecule has 0 saturated carbocycles. The number of sulfonamides is 1. The third-order valence-electron chi connectivity index (χ3n) is 3.68. The van der Waals surface area contributed by atoms with Crippen molar-refractivity contribution in [2.45, 2.75) is 20.1 Å².